The number of aromatic nitrogens is 2. The normalized spacial score (nSPS) is 12.8. The number of oxime groups is 1. The van der Waals surface area contributed by atoms with Gasteiger partial charge in [0.15, 0.2) is 6.21 Å². The van der Waals surface area contributed by atoms with Gasteiger partial charge < -0.3 is 17.6 Å². The Bertz CT molecular complexity index is 631. The van der Waals surface area contributed by atoms with Crippen LogP contribution < -0.4 is 17.0 Å². The van der Waals surface area contributed by atoms with Gasteiger partial charge in [0, 0.05) is 13.1 Å². The molecule has 1 N–H and O–H groups in total. The molecule has 1 aromatic rings. The highest BCUT2D eigenvalue weighted by molar-refractivity contribution is 7.89. The number of halogens is 4. The molecule has 0 aliphatic heterocycles. The fraction of sp³-hybridized carbons (Fsp3) is 0.636. The Kier molecular flexibility index (Phi) is 8.01. The maximum absolute atomic E-state index is 12.5. The summed E-state index contributed by atoms with van der Waals surface area (Å²) >= 11 is 0. The Morgan fingerprint density at radius 3 is 2.57 bits per heavy atom. The third-order valence-electron chi connectivity index (χ3n) is 3.09. The number of nitrogens with zero attached hydrogens (tertiary/aromatic N) is 4. The van der Waals surface area contributed by atoms with E-state index in [1.54, 1.807) is 28.6 Å². The van der Waals surface area contributed by atoms with Crippen LogP contribution in [0.4, 0.5) is 13.2 Å². The number of aryl methyl sites for hydroxylation is 2. The molecule has 1 aromatic heterocycles. The average Bonchev–Trinajstić information content (AvgIpc) is 2.75. The number of rotatable bonds is 7. The van der Waals surface area contributed by atoms with E-state index in [1.165, 1.54) is 13.1 Å². The van der Waals surface area contributed by atoms with Crippen LogP contribution in [0.2, 0.25) is 0 Å². The van der Waals surface area contributed by atoms with Crippen LogP contribution in [-0.4, -0.2) is 47.3 Å². The summed E-state index contributed by atoms with van der Waals surface area (Å²) in [6, 6.07) is 0. The standard InChI is InChI=1S/C11H17F3N4O3S.ClH/c1-3-18(22(20,21)11(12,13)14)6-4-5-17-8-7-16(2)10(17)9-15-19;/h7-9H,3-6H2,1-2H3;1H. The largest absolute Gasteiger partial charge is 1.00 e. The molecule has 134 valence electrons. The first-order valence-electron chi connectivity index (χ1n) is 6.43. The fourth-order valence-electron chi connectivity index (χ4n) is 1.95. The van der Waals surface area contributed by atoms with Crippen molar-refractivity contribution in [2.24, 2.45) is 12.2 Å². The smallest absolute Gasteiger partial charge is 0.511 e. The predicted octanol–water partition coefficient (Wildman–Crippen LogP) is -2.31. The molecular weight excluding hydrogens is 361 g/mol. The van der Waals surface area contributed by atoms with Crippen molar-refractivity contribution in [3.8, 4) is 0 Å². The van der Waals surface area contributed by atoms with Gasteiger partial charge in [-0.3, -0.25) is 0 Å². The summed E-state index contributed by atoms with van der Waals surface area (Å²) < 4.78 is 63.9. The summed E-state index contributed by atoms with van der Waals surface area (Å²) in [4.78, 5) is 0. The van der Waals surface area contributed by atoms with E-state index < -0.39 is 15.5 Å². The van der Waals surface area contributed by atoms with E-state index in [0.717, 1.165) is 0 Å². The highest BCUT2D eigenvalue weighted by Crippen LogP contribution is 2.26. The highest BCUT2D eigenvalue weighted by atomic mass is 35.5. The van der Waals surface area contributed by atoms with E-state index in [9.17, 15) is 21.6 Å². The Labute approximate surface area is 138 Å². The van der Waals surface area contributed by atoms with Gasteiger partial charge in [0.05, 0.1) is 13.6 Å². The van der Waals surface area contributed by atoms with Gasteiger partial charge in [0.2, 0.25) is 0 Å². The molecule has 0 fully saturated rings. The van der Waals surface area contributed by atoms with E-state index in [0.29, 0.717) is 10.1 Å². The van der Waals surface area contributed by atoms with Crippen LogP contribution in [0.25, 0.3) is 0 Å². The van der Waals surface area contributed by atoms with E-state index in [1.807, 2.05) is 0 Å². The zero-order valence-corrected chi connectivity index (χ0v) is 14.1. The molecule has 0 aliphatic rings. The second-order valence-corrected chi connectivity index (χ2v) is 6.43. The Hall–Kier alpha value is -1.33. The van der Waals surface area contributed by atoms with Crippen molar-refractivity contribution in [3.05, 3.63) is 18.2 Å². The highest BCUT2D eigenvalue weighted by Gasteiger charge is 2.49. The maximum atomic E-state index is 12.5. The molecule has 12 heteroatoms. The van der Waals surface area contributed by atoms with Crippen molar-refractivity contribution in [3.63, 3.8) is 0 Å². The summed E-state index contributed by atoms with van der Waals surface area (Å²) in [6.07, 6.45) is 4.71. The van der Waals surface area contributed by atoms with Gasteiger partial charge in [-0.1, -0.05) is 12.1 Å². The van der Waals surface area contributed by atoms with Crippen molar-refractivity contribution in [1.82, 2.24) is 8.87 Å². The second kappa shape index (κ2) is 8.50. The molecule has 0 saturated carbocycles. The number of imidazole rings is 1. The Morgan fingerprint density at radius 1 is 1.48 bits per heavy atom. The SMILES string of the molecule is CCN(CCCn1cc[n+](C)c1/C=N/O)S(=O)(=O)C(F)(F)F.[Cl-]. The monoisotopic (exact) mass is 378 g/mol. The average molecular weight is 379 g/mol. The molecule has 0 amide bonds. The van der Waals surface area contributed by atoms with Crippen LogP contribution in [0.3, 0.4) is 0 Å². The third-order valence-corrected chi connectivity index (χ3v) is 4.80. The van der Waals surface area contributed by atoms with Gasteiger partial charge in [-0.05, 0) is 6.42 Å². The number of hydrogen-bond acceptors (Lipinski definition) is 4. The van der Waals surface area contributed by atoms with Crippen molar-refractivity contribution < 1.29 is 43.8 Å². The van der Waals surface area contributed by atoms with Crippen molar-refractivity contribution in [1.29, 1.82) is 0 Å². The van der Waals surface area contributed by atoms with Crippen LogP contribution in [0, 0.1) is 0 Å². The van der Waals surface area contributed by atoms with Gasteiger partial charge in [0.25, 0.3) is 0 Å². The van der Waals surface area contributed by atoms with Crippen LogP contribution in [-0.2, 0) is 23.6 Å². The quantitative estimate of drug-likeness (QED) is 0.250. The Balaban J connectivity index is 0.00000484. The summed E-state index contributed by atoms with van der Waals surface area (Å²) in [7, 11) is -3.60. The van der Waals surface area contributed by atoms with Crippen LogP contribution in [0.15, 0.2) is 17.5 Å². The van der Waals surface area contributed by atoms with Crippen molar-refractivity contribution in [2.75, 3.05) is 13.1 Å². The van der Waals surface area contributed by atoms with E-state index in [4.69, 9.17) is 5.21 Å². The van der Waals surface area contributed by atoms with Crippen LogP contribution in [0.5, 0.6) is 0 Å². The molecule has 1 heterocycles. The minimum atomic E-state index is -5.31. The first kappa shape index (κ1) is 21.7. The van der Waals surface area contributed by atoms with Crippen molar-refractivity contribution >= 4 is 16.2 Å². The van der Waals surface area contributed by atoms with Gasteiger partial charge in [-0.2, -0.15) is 17.5 Å². The summed E-state index contributed by atoms with van der Waals surface area (Å²) in [5.41, 5.74) is -5.29. The first-order valence-corrected chi connectivity index (χ1v) is 7.87. The third kappa shape index (κ3) is 5.08. The first-order chi connectivity index (χ1) is 10.1. The lowest BCUT2D eigenvalue weighted by Gasteiger charge is -2.21. The zero-order valence-electron chi connectivity index (χ0n) is 12.5. The molecule has 1 rings (SSSR count). The molecule has 0 bridgehead atoms. The molecule has 0 spiro atoms. The minimum Gasteiger partial charge on any atom is -1.00 e. The molecule has 0 radical (unpaired) electrons. The van der Waals surface area contributed by atoms with E-state index >= 15 is 0 Å². The van der Waals surface area contributed by atoms with Gasteiger partial charge in [-0.15, -0.1) is 0 Å². The lowest BCUT2D eigenvalue weighted by molar-refractivity contribution is -0.671. The minimum absolute atomic E-state index is 0. The molecule has 23 heavy (non-hydrogen) atoms. The molecule has 7 nitrogen and oxygen atoms in total. The zero-order chi connectivity index (χ0) is 17.0. The molecule has 0 saturated heterocycles. The van der Waals surface area contributed by atoms with E-state index in [2.05, 4.69) is 5.16 Å². The molecule has 0 aromatic carbocycles. The number of hydrogen-bond donors (Lipinski definition) is 1. The van der Waals surface area contributed by atoms with Crippen LogP contribution in [0.1, 0.15) is 19.2 Å². The van der Waals surface area contributed by atoms with Crippen LogP contribution >= 0.6 is 0 Å². The molecule has 0 aliphatic carbocycles. The molecular formula is C11H18ClF3N4O3S. The summed E-state index contributed by atoms with van der Waals surface area (Å²) in [5, 5.41) is 11.5. The number of sulfonamides is 1. The van der Waals surface area contributed by atoms with Gasteiger partial charge in [-0.25, -0.2) is 17.6 Å². The van der Waals surface area contributed by atoms with Crippen molar-refractivity contribution in [2.45, 2.75) is 25.4 Å². The lowest BCUT2D eigenvalue weighted by atomic mass is 10.4. The fourth-order valence-corrected chi connectivity index (χ4v) is 2.96. The molecule has 0 unspecified atom stereocenters. The topological polar surface area (TPSA) is 78.8 Å². The second-order valence-electron chi connectivity index (χ2n) is 4.50. The summed E-state index contributed by atoms with van der Waals surface area (Å²) in [5.74, 6) is 0.532. The lowest BCUT2D eigenvalue weighted by Crippen LogP contribution is -3.00. The Morgan fingerprint density at radius 2 is 2.09 bits per heavy atom. The number of alkyl halides is 3. The maximum Gasteiger partial charge on any atom is 0.511 e. The molecule has 0 atom stereocenters. The summed E-state index contributed by atoms with van der Waals surface area (Å²) in [6.45, 7) is 1.12. The predicted molar refractivity (Wildman–Crippen MR) is 71.8 cm³/mol. The van der Waals surface area contributed by atoms with Gasteiger partial charge >= 0.3 is 21.4 Å². The van der Waals surface area contributed by atoms with Gasteiger partial charge in [0.1, 0.15) is 12.4 Å². The van der Waals surface area contributed by atoms with E-state index in [-0.39, 0.29) is 38.5 Å².